The average molecular weight is 510 g/mol. The topological polar surface area (TPSA) is 217 Å². The monoisotopic (exact) mass is 509 g/mol. The number of carbonyl (C=O) groups excluding carboxylic acids is 3. The molecule has 0 bridgehead atoms. The van der Waals surface area contributed by atoms with Gasteiger partial charge in [-0.05, 0) is 49.4 Å². The summed E-state index contributed by atoms with van der Waals surface area (Å²) in [6, 6.07) is 1.25. The summed E-state index contributed by atoms with van der Waals surface area (Å²) in [4.78, 5) is 49.9. The number of aliphatic hydroxyl groups excluding tert-OH is 1. The lowest BCUT2D eigenvalue weighted by Crippen LogP contribution is -2.58. The number of aliphatic carboxylic acids is 1. The van der Waals surface area contributed by atoms with Crippen LogP contribution in [-0.2, 0) is 25.6 Å². The highest BCUT2D eigenvalue weighted by Gasteiger charge is 2.30. The summed E-state index contributed by atoms with van der Waals surface area (Å²) in [6.07, 6.45) is 1.80. The predicted molar refractivity (Wildman–Crippen MR) is 133 cm³/mol. The van der Waals surface area contributed by atoms with Gasteiger partial charge in [-0.3, -0.25) is 14.4 Å². The van der Waals surface area contributed by atoms with E-state index in [2.05, 4.69) is 16.0 Å². The van der Waals surface area contributed by atoms with Crippen LogP contribution in [0.1, 0.15) is 45.1 Å². The van der Waals surface area contributed by atoms with Crippen LogP contribution in [0.3, 0.4) is 0 Å². The van der Waals surface area contributed by atoms with Crippen LogP contribution in [0.15, 0.2) is 24.3 Å². The van der Waals surface area contributed by atoms with Crippen molar-refractivity contribution in [3.05, 3.63) is 29.8 Å². The lowest BCUT2D eigenvalue weighted by Gasteiger charge is -2.25. The summed E-state index contributed by atoms with van der Waals surface area (Å²) >= 11 is 0. The molecule has 12 nitrogen and oxygen atoms in total. The van der Waals surface area contributed by atoms with Crippen LogP contribution >= 0.6 is 0 Å². The first-order valence-corrected chi connectivity index (χ1v) is 12.0. The third-order valence-corrected chi connectivity index (χ3v) is 5.95. The molecule has 1 aromatic carbocycles. The summed E-state index contributed by atoms with van der Waals surface area (Å²) in [5, 5.41) is 36.0. The first-order chi connectivity index (χ1) is 17.0. The molecule has 0 aliphatic rings. The van der Waals surface area contributed by atoms with Crippen LogP contribution in [0, 0.1) is 5.92 Å². The Morgan fingerprint density at radius 1 is 0.917 bits per heavy atom. The molecule has 0 saturated carbocycles. The second-order valence-electron chi connectivity index (χ2n) is 8.77. The first-order valence-electron chi connectivity index (χ1n) is 12.0. The minimum absolute atomic E-state index is 0.0213. The third-order valence-electron chi connectivity index (χ3n) is 5.95. The Kier molecular flexibility index (Phi) is 13.4. The summed E-state index contributed by atoms with van der Waals surface area (Å²) < 4.78 is 0. The third kappa shape index (κ3) is 10.2. The van der Waals surface area contributed by atoms with E-state index in [4.69, 9.17) is 11.5 Å². The van der Waals surface area contributed by atoms with Crippen molar-refractivity contribution in [2.75, 3.05) is 13.2 Å². The summed E-state index contributed by atoms with van der Waals surface area (Å²) in [6.45, 7) is 3.29. The number of benzene rings is 1. The van der Waals surface area contributed by atoms with Crippen LogP contribution < -0.4 is 27.4 Å². The number of nitrogens with two attached hydrogens (primary N) is 2. The molecule has 5 unspecified atom stereocenters. The minimum Gasteiger partial charge on any atom is -0.508 e. The molecule has 0 heterocycles. The quantitative estimate of drug-likeness (QED) is 0.128. The van der Waals surface area contributed by atoms with Gasteiger partial charge in [0.1, 0.15) is 23.9 Å². The van der Waals surface area contributed by atoms with Crippen molar-refractivity contribution in [2.45, 2.75) is 70.1 Å². The molecule has 0 aliphatic carbocycles. The number of carbonyl (C=O) groups is 4. The number of hydrogen-bond donors (Lipinski definition) is 8. The van der Waals surface area contributed by atoms with Gasteiger partial charge >= 0.3 is 5.97 Å². The van der Waals surface area contributed by atoms with E-state index in [0.717, 1.165) is 0 Å². The van der Waals surface area contributed by atoms with Crippen LogP contribution in [0.2, 0.25) is 0 Å². The standard InChI is InChI=1S/C24H39N5O7/c1-3-14(2)20(26)23(34)29-19(13-30)22(33)27-17(6-4-5-11-25)21(32)28-18(24(35)36)12-15-7-9-16(31)10-8-15/h7-10,14,17-20,30-31H,3-6,11-13,25-26H2,1-2H3,(H,27,33)(H,28,32)(H,29,34)(H,35,36). The van der Waals surface area contributed by atoms with Crippen molar-refractivity contribution in [3.63, 3.8) is 0 Å². The zero-order valence-corrected chi connectivity index (χ0v) is 20.8. The fraction of sp³-hybridized carbons (Fsp3) is 0.583. The van der Waals surface area contributed by atoms with Crippen LogP contribution in [0.25, 0.3) is 0 Å². The molecule has 12 heteroatoms. The molecule has 5 atom stereocenters. The molecule has 36 heavy (non-hydrogen) atoms. The van der Waals surface area contributed by atoms with Crippen molar-refractivity contribution in [1.29, 1.82) is 0 Å². The van der Waals surface area contributed by atoms with E-state index in [1.807, 2.05) is 6.92 Å². The normalized spacial score (nSPS) is 15.1. The molecule has 0 spiro atoms. The Balaban J connectivity index is 2.93. The number of carboxylic acid groups (broad SMARTS) is 1. The molecule has 1 rings (SSSR count). The van der Waals surface area contributed by atoms with E-state index in [0.29, 0.717) is 31.4 Å². The zero-order chi connectivity index (χ0) is 27.3. The number of unbranched alkanes of at least 4 members (excludes halogenated alkanes) is 1. The van der Waals surface area contributed by atoms with Crippen LogP contribution in [0.4, 0.5) is 0 Å². The van der Waals surface area contributed by atoms with E-state index in [1.54, 1.807) is 6.92 Å². The molecule has 0 aromatic heterocycles. The van der Waals surface area contributed by atoms with Gasteiger partial charge in [-0.15, -0.1) is 0 Å². The lowest BCUT2D eigenvalue weighted by atomic mass is 9.99. The van der Waals surface area contributed by atoms with E-state index < -0.39 is 54.5 Å². The maximum Gasteiger partial charge on any atom is 0.326 e. The van der Waals surface area contributed by atoms with Gasteiger partial charge in [0.15, 0.2) is 0 Å². The van der Waals surface area contributed by atoms with Gasteiger partial charge in [0.25, 0.3) is 0 Å². The van der Waals surface area contributed by atoms with Crippen LogP contribution in [0.5, 0.6) is 5.75 Å². The number of amides is 3. The van der Waals surface area contributed by atoms with E-state index in [1.165, 1.54) is 24.3 Å². The Labute approximate surface area is 210 Å². The Hall–Kier alpha value is -3.22. The summed E-state index contributed by atoms with van der Waals surface area (Å²) in [5.74, 6) is -3.55. The van der Waals surface area contributed by atoms with Gasteiger partial charge in [-0.2, -0.15) is 0 Å². The van der Waals surface area contributed by atoms with Gasteiger partial charge in [-0.25, -0.2) is 4.79 Å². The molecule has 1 aromatic rings. The maximum absolute atomic E-state index is 13.0. The number of nitrogens with one attached hydrogen (secondary N) is 3. The van der Waals surface area contributed by atoms with E-state index in [9.17, 15) is 34.5 Å². The molecular weight excluding hydrogens is 470 g/mol. The largest absolute Gasteiger partial charge is 0.508 e. The molecule has 3 amide bonds. The van der Waals surface area contributed by atoms with Gasteiger partial charge < -0.3 is 42.7 Å². The molecule has 0 saturated heterocycles. The summed E-state index contributed by atoms with van der Waals surface area (Å²) in [7, 11) is 0. The minimum atomic E-state index is -1.34. The Morgan fingerprint density at radius 2 is 1.47 bits per heavy atom. The number of phenolic OH excluding ortho intramolecular Hbond substituents is 1. The second-order valence-corrected chi connectivity index (χ2v) is 8.77. The highest BCUT2D eigenvalue weighted by molar-refractivity contribution is 5.94. The molecular formula is C24H39N5O7. The number of carboxylic acids is 1. The van der Waals surface area contributed by atoms with Crippen molar-refractivity contribution in [3.8, 4) is 5.75 Å². The number of hydrogen-bond acceptors (Lipinski definition) is 8. The number of rotatable bonds is 16. The van der Waals surface area contributed by atoms with Crippen LogP contribution in [-0.4, -0.2) is 76.3 Å². The van der Waals surface area contributed by atoms with Crippen molar-refractivity contribution < 1.29 is 34.5 Å². The Bertz CT molecular complexity index is 865. The predicted octanol–water partition coefficient (Wildman–Crippen LogP) is -1.03. The number of aromatic hydroxyl groups is 1. The lowest BCUT2D eigenvalue weighted by molar-refractivity contribution is -0.142. The van der Waals surface area contributed by atoms with E-state index >= 15 is 0 Å². The molecule has 0 radical (unpaired) electrons. The average Bonchev–Trinajstić information content (AvgIpc) is 2.86. The zero-order valence-electron chi connectivity index (χ0n) is 20.8. The fourth-order valence-electron chi connectivity index (χ4n) is 3.35. The molecule has 10 N–H and O–H groups in total. The maximum atomic E-state index is 13.0. The van der Waals surface area contributed by atoms with E-state index in [-0.39, 0.29) is 24.5 Å². The number of aliphatic hydroxyl groups is 1. The highest BCUT2D eigenvalue weighted by atomic mass is 16.4. The summed E-state index contributed by atoms with van der Waals surface area (Å²) in [5.41, 5.74) is 12.0. The van der Waals surface area contributed by atoms with Crippen molar-refractivity contribution in [1.82, 2.24) is 16.0 Å². The SMILES string of the molecule is CCC(C)C(N)C(=O)NC(CO)C(=O)NC(CCCCN)C(=O)NC(Cc1ccc(O)cc1)C(=O)O. The fourth-order valence-corrected chi connectivity index (χ4v) is 3.35. The second kappa shape index (κ2) is 15.7. The highest BCUT2D eigenvalue weighted by Crippen LogP contribution is 2.12. The Morgan fingerprint density at radius 3 is 2.00 bits per heavy atom. The van der Waals surface area contributed by atoms with Gasteiger partial charge in [0.05, 0.1) is 12.6 Å². The van der Waals surface area contributed by atoms with Gasteiger partial charge in [-0.1, -0.05) is 32.4 Å². The molecule has 0 fully saturated rings. The smallest absolute Gasteiger partial charge is 0.326 e. The van der Waals surface area contributed by atoms with Gasteiger partial charge in [0, 0.05) is 6.42 Å². The van der Waals surface area contributed by atoms with Crippen molar-refractivity contribution in [2.24, 2.45) is 17.4 Å². The van der Waals surface area contributed by atoms with Gasteiger partial charge in [0.2, 0.25) is 17.7 Å². The van der Waals surface area contributed by atoms with Crippen molar-refractivity contribution >= 4 is 23.7 Å². The first kappa shape index (κ1) is 30.8. The molecule has 202 valence electrons. The molecule has 0 aliphatic heterocycles. The number of phenols is 1.